The lowest BCUT2D eigenvalue weighted by Gasteiger charge is -2.18. The Kier molecular flexibility index (Phi) is 3.64. The number of hydrogen-bond acceptors (Lipinski definition) is 3. The topological polar surface area (TPSA) is 55.9 Å². The second kappa shape index (κ2) is 5.07. The van der Waals surface area contributed by atoms with Gasteiger partial charge in [0.25, 0.3) is 0 Å². The molecule has 102 valence electrons. The van der Waals surface area contributed by atoms with Crippen LogP contribution in [0.5, 0.6) is 0 Å². The summed E-state index contributed by atoms with van der Waals surface area (Å²) in [5.74, 6) is 3.74. The van der Waals surface area contributed by atoms with Gasteiger partial charge >= 0.3 is 0 Å². The third-order valence-electron chi connectivity index (χ3n) is 3.31. The maximum atomic E-state index is 13.9. The molecule has 1 aromatic carbocycles. The van der Waals surface area contributed by atoms with Crippen molar-refractivity contribution in [2.45, 2.75) is 19.9 Å². The highest BCUT2D eigenvalue weighted by Gasteiger charge is 2.24. The van der Waals surface area contributed by atoms with E-state index in [1.54, 1.807) is 11.7 Å². The molecule has 0 fully saturated rings. The zero-order chi connectivity index (χ0) is 14.2. The molecule has 0 amide bonds. The van der Waals surface area contributed by atoms with Crippen molar-refractivity contribution < 1.29 is 8.78 Å². The lowest BCUT2D eigenvalue weighted by molar-refractivity contribution is 0.482. The maximum Gasteiger partial charge on any atom is 0.163 e. The summed E-state index contributed by atoms with van der Waals surface area (Å²) in [5.41, 5.74) is 5.04. The normalized spacial score (nSPS) is 12.7. The van der Waals surface area contributed by atoms with Crippen LogP contribution in [0.3, 0.4) is 0 Å². The Hall–Kier alpha value is -1.79. The lowest BCUT2D eigenvalue weighted by Crippen LogP contribution is -2.30. The van der Waals surface area contributed by atoms with Gasteiger partial charge in [-0.3, -0.25) is 10.5 Å². The zero-order valence-corrected chi connectivity index (χ0v) is 11.0. The number of halogens is 2. The van der Waals surface area contributed by atoms with Crippen LogP contribution in [-0.4, -0.2) is 9.78 Å². The zero-order valence-electron chi connectivity index (χ0n) is 11.0. The Bertz CT molecular complexity index is 607. The van der Waals surface area contributed by atoms with E-state index in [2.05, 4.69) is 10.5 Å². The largest absolute Gasteiger partial charge is 0.272 e. The van der Waals surface area contributed by atoms with E-state index in [-0.39, 0.29) is 5.56 Å². The summed E-state index contributed by atoms with van der Waals surface area (Å²) < 4.78 is 28.9. The number of aryl methyl sites for hydroxylation is 2. The number of nitrogens with one attached hydrogen (secondary N) is 1. The van der Waals surface area contributed by atoms with E-state index < -0.39 is 17.7 Å². The minimum absolute atomic E-state index is 0.168. The molecule has 0 aliphatic heterocycles. The molecular weight excluding hydrogens is 250 g/mol. The molecule has 0 aliphatic carbocycles. The van der Waals surface area contributed by atoms with Crippen LogP contribution in [0.25, 0.3) is 0 Å². The van der Waals surface area contributed by atoms with Gasteiger partial charge in [-0.15, -0.1) is 0 Å². The van der Waals surface area contributed by atoms with Crippen molar-refractivity contribution in [1.82, 2.24) is 15.2 Å². The van der Waals surface area contributed by atoms with E-state index >= 15 is 0 Å². The van der Waals surface area contributed by atoms with Crippen LogP contribution >= 0.6 is 0 Å². The molecular formula is C13H16F2N4. The van der Waals surface area contributed by atoms with Crippen LogP contribution in [0, 0.1) is 25.5 Å². The quantitative estimate of drug-likeness (QED) is 0.658. The van der Waals surface area contributed by atoms with E-state index in [1.807, 2.05) is 13.8 Å². The van der Waals surface area contributed by atoms with E-state index in [0.717, 1.165) is 23.0 Å². The summed E-state index contributed by atoms with van der Waals surface area (Å²) in [6.07, 6.45) is 0. The smallest absolute Gasteiger partial charge is 0.163 e. The van der Waals surface area contributed by atoms with Crippen molar-refractivity contribution in [3.05, 3.63) is 52.3 Å². The van der Waals surface area contributed by atoms with Crippen molar-refractivity contribution in [2.24, 2.45) is 12.9 Å². The first-order valence-electron chi connectivity index (χ1n) is 5.87. The van der Waals surface area contributed by atoms with Gasteiger partial charge in [-0.25, -0.2) is 14.2 Å². The maximum absolute atomic E-state index is 13.9. The highest BCUT2D eigenvalue weighted by molar-refractivity contribution is 5.37. The Morgan fingerprint density at radius 1 is 1.32 bits per heavy atom. The van der Waals surface area contributed by atoms with Crippen molar-refractivity contribution in [3.63, 3.8) is 0 Å². The first-order chi connectivity index (χ1) is 8.97. The predicted octanol–water partition coefficient (Wildman–Crippen LogP) is 1.87. The van der Waals surface area contributed by atoms with Crippen molar-refractivity contribution >= 4 is 0 Å². The van der Waals surface area contributed by atoms with E-state index in [0.29, 0.717) is 0 Å². The number of rotatable bonds is 3. The Morgan fingerprint density at radius 3 is 2.53 bits per heavy atom. The minimum Gasteiger partial charge on any atom is -0.272 e. The van der Waals surface area contributed by atoms with Gasteiger partial charge < -0.3 is 0 Å². The highest BCUT2D eigenvalue weighted by atomic mass is 19.2. The first kappa shape index (κ1) is 13.6. The second-order valence-corrected chi connectivity index (χ2v) is 4.45. The number of hydrazine groups is 1. The molecule has 1 unspecified atom stereocenters. The van der Waals surface area contributed by atoms with Crippen molar-refractivity contribution in [1.29, 1.82) is 0 Å². The summed E-state index contributed by atoms with van der Waals surface area (Å²) in [6, 6.07) is 3.41. The average Bonchev–Trinajstić information content (AvgIpc) is 2.62. The number of nitrogens with zero attached hydrogens (tertiary/aromatic N) is 2. The molecule has 0 aliphatic rings. The monoisotopic (exact) mass is 266 g/mol. The van der Waals surface area contributed by atoms with E-state index in [1.165, 1.54) is 12.1 Å². The number of hydrogen-bond donors (Lipinski definition) is 2. The van der Waals surface area contributed by atoms with Crippen LogP contribution in [-0.2, 0) is 7.05 Å². The van der Waals surface area contributed by atoms with Crippen LogP contribution in [0.4, 0.5) is 8.78 Å². The summed E-state index contributed by atoms with van der Waals surface area (Å²) in [7, 11) is 1.79. The molecule has 2 rings (SSSR count). The van der Waals surface area contributed by atoms with Crippen LogP contribution in [0.15, 0.2) is 18.2 Å². The molecule has 6 heteroatoms. The third kappa shape index (κ3) is 2.24. The molecule has 0 saturated carbocycles. The molecule has 3 N–H and O–H groups in total. The van der Waals surface area contributed by atoms with Crippen LogP contribution in [0.1, 0.15) is 28.6 Å². The van der Waals surface area contributed by atoms with Gasteiger partial charge in [0.1, 0.15) is 0 Å². The molecule has 19 heavy (non-hydrogen) atoms. The third-order valence-corrected chi connectivity index (χ3v) is 3.31. The number of benzene rings is 1. The summed E-state index contributed by atoms with van der Waals surface area (Å²) in [5, 5.41) is 4.26. The molecule has 1 heterocycles. The Morgan fingerprint density at radius 2 is 2.00 bits per heavy atom. The van der Waals surface area contributed by atoms with Gasteiger partial charge in [0.05, 0.1) is 11.7 Å². The van der Waals surface area contributed by atoms with Crippen molar-refractivity contribution in [2.75, 3.05) is 0 Å². The Balaban J connectivity index is 2.60. The van der Waals surface area contributed by atoms with Crippen LogP contribution in [0.2, 0.25) is 0 Å². The van der Waals surface area contributed by atoms with Crippen LogP contribution < -0.4 is 11.3 Å². The summed E-state index contributed by atoms with van der Waals surface area (Å²) >= 11 is 0. The molecule has 2 aromatic rings. The molecule has 1 aromatic heterocycles. The summed E-state index contributed by atoms with van der Waals surface area (Å²) in [6.45, 7) is 3.67. The summed E-state index contributed by atoms with van der Waals surface area (Å²) in [4.78, 5) is 0. The molecule has 0 saturated heterocycles. The molecule has 4 nitrogen and oxygen atoms in total. The molecule has 0 spiro atoms. The number of aromatic nitrogens is 2. The fourth-order valence-electron chi connectivity index (χ4n) is 2.28. The predicted molar refractivity (Wildman–Crippen MR) is 68.2 cm³/mol. The second-order valence-electron chi connectivity index (χ2n) is 4.45. The lowest BCUT2D eigenvalue weighted by atomic mass is 9.97. The van der Waals surface area contributed by atoms with Gasteiger partial charge in [-0.1, -0.05) is 12.1 Å². The fraction of sp³-hybridized carbons (Fsp3) is 0.308. The van der Waals surface area contributed by atoms with Gasteiger partial charge in [-0.05, 0) is 19.9 Å². The molecule has 1 atom stereocenters. The minimum atomic E-state index is -0.895. The van der Waals surface area contributed by atoms with E-state index in [4.69, 9.17) is 5.84 Å². The van der Waals surface area contributed by atoms with E-state index in [9.17, 15) is 8.78 Å². The molecule has 0 radical (unpaired) electrons. The SMILES string of the molecule is Cc1nn(C)c(C)c1C(NN)c1cccc(F)c1F. The van der Waals surface area contributed by atoms with Gasteiger partial charge in [0.15, 0.2) is 11.6 Å². The highest BCUT2D eigenvalue weighted by Crippen LogP contribution is 2.29. The molecule has 0 bridgehead atoms. The van der Waals surface area contributed by atoms with Crippen molar-refractivity contribution in [3.8, 4) is 0 Å². The van der Waals surface area contributed by atoms with Gasteiger partial charge in [0, 0.05) is 23.9 Å². The first-order valence-corrected chi connectivity index (χ1v) is 5.87. The Labute approximate surface area is 110 Å². The number of nitrogens with two attached hydrogens (primary N) is 1. The fourth-order valence-corrected chi connectivity index (χ4v) is 2.28. The van der Waals surface area contributed by atoms with Gasteiger partial charge in [0.2, 0.25) is 0 Å². The van der Waals surface area contributed by atoms with Gasteiger partial charge in [-0.2, -0.15) is 5.10 Å². The average molecular weight is 266 g/mol. The standard InChI is InChI=1S/C13H16F2N4/c1-7-11(8(2)19(3)18-7)13(17-16)9-5-4-6-10(14)12(9)15/h4-6,13,17H,16H2,1-3H3.